The topological polar surface area (TPSA) is 70.7 Å². The number of carbonyl (C=O) groups is 1. The SMILES string of the molecule is CC[C@@H](CNC(=O)[C@H](C)Sc1ncn[nH]1)c1ccccc1. The zero-order chi connectivity index (χ0) is 15.1. The number of hydrogen-bond donors (Lipinski definition) is 2. The van der Waals surface area contributed by atoms with Gasteiger partial charge in [-0.2, -0.15) is 5.10 Å². The van der Waals surface area contributed by atoms with Gasteiger partial charge in [0, 0.05) is 12.5 Å². The lowest BCUT2D eigenvalue weighted by molar-refractivity contribution is -0.120. The highest BCUT2D eigenvalue weighted by atomic mass is 32.2. The zero-order valence-electron chi connectivity index (χ0n) is 12.2. The van der Waals surface area contributed by atoms with Crippen LogP contribution in [0.4, 0.5) is 0 Å². The summed E-state index contributed by atoms with van der Waals surface area (Å²) in [6.45, 7) is 4.66. The first-order valence-electron chi connectivity index (χ1n) is 7.05. The summed E-state index contributed by atoms with van der Waals surface area (Å²) >= 11 is 1.37. The van der Waals surface area contributed by atoms with Gasteiger partial charge < -0.3 is 5.32 Å². The van der Waals surface area contributed by atoms with Crippen molar-refractivity contribution in [3.8, 4) is 0 Å². The van der Waals surface area contributed by atoms with E-state index < -0.39 is 0 Å². The van der Waals surface area contributed by atoms with Gasteiger partial charge >= 0.3 is 0 Å². The molecule has 5 nitrogen and oxygen atoms in total. The van der Waals surface area contributed by atoms with Gasteiger partial charge in [0.1, 0.15) is 6.33 Å². The lowest BCUT2D eigenvalue weighted by atomic mass is 9.96. The number of aromatic nitrogens is 3. The normalized spacial score (nSPS) is 13.6. The number of nitrogens with one attached hydrogen (secondary N) is 2. The Morgan fingerprint density at radius 2 is 2.14 bits per heavy atom. The van der Waals surface area contributed by atoms with Crippen molar-refractivity contribution in [3.05, 3.63) is 42.2 Å². The van der Waals surface area contributed by atoms with E-state index in [2.05, 4.69) is 39.6 Å². The highest BCUT2D eigenvalue weighted by Crippen LogP contribution is 2.20. The maximum Gasteiger partial charge on any atom is 0.233 e. The predicted molar refractivity (Wildman–Crippen MR) is 84.2 cm³/mol. The molecule has 2 atom stereocenters. The highest BCUT2D eigenvalue weighted by molar-refractivity contribution is 8.00. The van der Waals surface area contributed by atoms with Gasteiger partial charge in [0.2, 0.25) is 5.91 Å². The molecule has 21 heavy (non-hydrogen) atoms. The van der Waals surface area contributed by atoms with E-state index >= 15 is 0 Å². The van der Waals surface area contributed by atoms with E-state index in [0.29, 0.717) is 17.6 Å². The Kier molecular flexibility index (Phi) is 5.80. The molecule has 1 heterocycles. The minimum atomic E-state index is -0.203. The van der Waals surface area contributed by atoms with Crippen LogP contribution in [0.1, 0.15) is 31.7 Å². The molecule has 0 unspecified atom stereocenters. The molecule has 112 valence electrons. The number of hydrogen-bond acceptors (Lipinski definition) is 4. The fourth-order valence-electron chi connectivity index (χ4n) is 2.06. The fraction of sp³-hybridized carbons (Fsp3) is 0.400. The number of amides is 1. The summed E-state index contributed by atoms with van der Waals surface area (Å²) in [6, 6.07) is 10.3. The van der Waals surface area contributed by atoms with Gasteiger partial charge in [0.05, 0.1) is 5.25 Å². The Morgan fingerprint density at radius 3 is 2.76 bits per heavy atom. The molecule has 0 radical (unpaired) electrons. The van der Waals surface area contributed by atoms with E-state index in [-0.39, 0.29) is 11.2 Å². The Labute approximate surface area is 128 Å². The van der Waals surface area contributed by atoms with Gasteiger partial charge in [0.25, 0.3) is 0 Å². The Bertz CT molecular complexity index is 544. The van der Waals surface area contributed by atoms with Crippen LogP contribution in [-0.2, 0) is 4.79 Å². The van der Waals surface area contributed by atoms with Crippen LogP contribution in [0.5, 0.6) is 0 Å². The highest BCUT2D eigenvalue weighted by Gasteiger charge is 2.17. The Morgan fingerprint density at radius 1 is 1.38 bits per heavy atom. The number of aromatic amines is 1. The number of H-pyrrole nitrogens is 1. The maximum absolute atomic E-state index is 12.1. The molecule has 1 aromatic heterocycles. The van der Waals surface area contributed by atoms with Crippen LogP contribution in [0.3, 0.4) is 0 Å². The van der Waals surface area contributed by atoms with Crippen LogP contribution < -0.4 is 5.32 Å². The molecule has 2 N–H and O–H groups in total. The minimum absolute atomic E-state index is 0.0192. The van der Waals surface area contributed by atoms with Crippen molar-refractivity contribution in [2.45, 2.75) is 36.6 Å². The number of benzene rings is 1. The molecule has 1 aromatic carbocycles. The second-order valence-corrected chi connectivity index (χ2v) is 6.14. The third kappa shape index (κ3) is 4.60. The summed E-state index contributed by atoms with van der Waals surface area (Å²) in [6.07, 6.45) is 2.43. The third-order valence-corrected chi connectivity index (χ3v) is 4.32. The first-order valence-corrected chi connectivity index (χ1v) is 7.93. The van der Waals surface area contributed by atoms with Crippen molar-refractivity contribution in [1.29, 1.82) is 0 Å². The van der Waals surface area contributed by atoms with Crippen LogP contribution in [0.25, 0.3) is 0 Å². The maximum atomic E-state index is 12.1. The quantitative estimate of drug-likeness (QED) is 0.771. The number of rotatable bonds is 7. The standard InChI is InChI=1S/C15H20N4OS/c1-3-12(13-7-5-4-6-8-13)9-16-14(20)11(2)21-15-17-10-18-19-15/h4-8,10-12H,3,9H2,1-2H3,(H,16,20)(H,17,18,19)/t11-,12-/m0/s1. The van der Waals surface area contributed by atoms with E-state index in [9.17, 15) is 4.79 Å². The van der Waals surface area contributed by atoms with Gasteiger partial charge in [-0.3, -0.25) is 9.89 Å². The van der Waals surface area contributed by atoms with Crippen molar-refractivity contribution >= 4 is 17.7 Å². The molecule has 2 rings (SSSR count). The molecule has 0 saturated heterocycles. The number of carbonyl (C=O) groups excluding carboxylic acids is 1. The van der Waals surface area contributed by atoms with Crippen LogP contribution >= 0.6 is 11.8 Å². The van der Waals surface area contributed by atoms with E-state index in [4.69, 9.17) is 0 Å². The third-order valence-electron chi connectivity index (χ3n) is 3.34. The van der Waals surface area contributed by atoms with Crippen molar-refractivity contribution in [1.82, 2.24) is 20.5 Å². The van der Waals surface area contributed by atoms with Crippen molar-refractivity contribution in [2.24, 2.45) is 0 Å². The monoisotopic (exact) mass is 304 g/mol. The van der Waals surface area contributed by atoms with Gasteiger partial charge in [-0.25, -0.2) is 4.98 Å². The van der Waals surface area contributed by atoms with Gasteiger partial charge in [0.15, 0.2) is 5.16 Å². The molecular formula is C15H20N4OS. The van der Waals surface area contributed by atoms with Crippen LogP contribution in [0.2, 0.25) is 0 Å². The second kappa shape index (κ2) is 7.83. The second-order valence-electron chi connectivity index (χ2n) is 4.81. The van der Waals surface area contributed by atoms with E-state index in [1.807, 2.05) is 25.1 Å². The summed E-state index contributed by atoms with van der Waals surface area (Å²) in [4.78, 5) is 16.1. The molecular weight excluding hydrogens is 284 g/mol. The van der Waals surface area contributed by atoms with Crippen LogP contribution in [0.15, 0.2) is 41.8 Å². The fourth-order valence-corrected chi connectivity index (χ4v) is 2.80. The smallest absolute Gasteiger partial charge is 0.233 e. The zero-order valence-corrected chi connectivity index (χ0v) is 13.1. The first kappa shape index (κ1) is 15.6. The number of thioether (sulfide) groups is 1. The summed E-state index contributed by atoms with van der Waals surface area (Å²) in [7, 11) is 0. The predicted octanol–water partition coefficient (Wildman–Crippen LogP) is 2.60. The molecule has 0 bridgehead atoms. The molecule has 6 heteroatoms. The van der Waals surface area contributed by atoms with Gasteiger partial charge in [-0.05, 0) is 18.9 Å². The van der Waals surface area contributed by atoms with Crippen molar-refractivity contribution in [3.63, 3.8) is 0 Å². The minimum Gasteiger partial charge on any atom is -0.355 e. The van der Waals surface area contributed by atoms with Crippen molar-refractivity contribution in [2.75, 3.05) is 6.54 Å². The Hall–Kier alpha value is -1.82. The summed E-state index contributed by atoms with van der Waals surface area (Å²) in [5.41, 5.74) is 1.26. The molecule has 0 aliphatic carbocycles. The van der Waals surface area contributed by atoms with E-state index in [0.717, 1.165) is 6.42 Å². The Balaban J connectivity index is 1.84. The lowest BCUT2D eigenvalue weighted by Gasteiger charge is -2.17. The molecule has 0 aliphatic rings. The summed E-state index contributed by atoms with van der Waals surface area (Å²) < 4.78 is 0. The molecule has 0 fully saturated rings. The van der Waals surface area contributed by atoms with Crippen LogP contribution in [-0.4, -0.2) is 32.9 Å². The number of nitrogens with zero attached hydrogens (tertiary/aromatic N) is 2. The lowest BCUT2D eigenvalue weighted by Crippen LogP contribution is -2.34. The van der Waals surface area contributed by atoms with E-state index in [1.54, 1.807) is 0 Å². The average Bonchev–Trinajstić information content (AvgIpc) is 3.01. The molecule has 1 amide bonds. The molecule has 0 saturated carbocycles. The first-order chi connectivity index (χ1) is 10.2. The van der Waals surface area contributed by atoms with Crippen LogP contribution in [0, 0.1) is 0 Å². The van der Waals surface area contributed by atoms with Crippen molar-refractivity contribution < 1.29 is 4.79 Å². The molecule has 2 aromatic rings. The summed E-state index contributed by atoms with van der Waals surface area (Å²) in [5, 5.41) is 10.00. The molecule has 0 spiro atoms. The largest absolute Gasteiger partial charge is 0.355 e. The van der Waals surface area contributed by atoms with E-state index in [1.165, 1.54) is 23.7 Å². The van der Waals surface area contributed by atoms with Gasteiger partial charge in [-0.15, -0.1) is 0 Å². The van der Waals surface area contributed by atoms with Gasteiger partial charge in [-0.1, -0.05) is 49.0 Å². The molecule has 0 aliphatic heterocycles. The summed E-state index contributed by atoms with van der Waals surface area (Å²) in [5.74, 6) is 0.364. The average molecular weight is 304 g/mol.